The Bertz CT molecular complexity index is 307. The van der Waals surface area contributed by atoms with Crippen LogP contribution >= 0.6 is 15.9 Å². The fourth-order valence-electron chi connectivity index (χ4n) is 1.41. The van der Waals surface area contributed by atoms with Gasteiger partial charge in [0.05, 0.1) is 19.8 Å². The van der Waals surface area contributed by atoms with Gasteiger partial charge in [-0.3, -0.25) is 0 Å². The molecule has 0 heterocycles. The lowest BCUT2D eigenvalue weighted by atomic mass is 10.1. The third-order valence-electron chi connectivity index (χ3n) is 2.28. The number of ether oxygens (including phenoxy) is 1. The number of hydrogen-bond acceptors (Lipinski definition) is 3. The van der Waals surface area contributed by atoms with Crippen molar-refractivity contribution in [1.29, 1.82) is 0 Å². The first-order chi connectivity index (χ1) is 7.74. The average Bonchev–Trinajstić information content (AvgIpc) is 2.28. The maximum Gasteiger partial charge on any atom is 0.0698 e. The van der Waals surface area contributed by atoms with E-state index in [0.717, 1.165) is 11.0 Å². The second-order valence-corrected chi connectivity index (χ2v) is 4.48. The summed E-state index contributed by atoms with van der Waals surface area (Å²) in [6, 6.07) is 8.54. The molecule has 1 atom stereocenters. The predicted octanol–water partition coefficient (Wildman–Crippen LogP) is 2.11. The molecule has 0 fully saturated rings. The van der Waals surface area contributed by atoms with E-state index < -0.39 is 0 Å². The number of halogens is 1. The maximum absolute atomic E-state index is 8.53. The van der Waals surface area contributed by atoms with Crippen LogP contribution in [0.15, 0.2) is 28.7 Å². The Morgan fingerprint density at radius 3 is 2.94 bits per heavy atom. The van der Waals surface area contributed by atoms with Gasteiger partial charge in [-0.1, -0.05) is 28.1 Å². The van der Waals surface area contributed by atoms with Crippen molar-refractivity contribution in [3.63, 3.8) is 0 Å². The Hall–Kier alpha value is -0.420. The van der Waals surface area contributed by atoms with Crippen molar-refractivity contribution >= 4 is 15.9 Å². The topological polar surface area (TPSA) is 41.5 Å². The third kappa shape index (κ3) is 5.07. The molecule has 0 aliphatic rings. The van der Waals surface area contributed by atoms with Crippen LogP contribution in [0, 0.1) is 0 Å². The molecule has 1 unspecified atom stereocenters. The van der Waals surface area contributed by atoms with Gasteiger partial charge in [0.15, 0.2) is 0 Å². The van der Waals surface area contributed by atoms with E-state index in [4.69, 9.17) is 9.84 Å². The standard InChI is InChI=1S/C12H18BrNO2/c1-10(14-5-7-16-8-6-15)11-3-2-4-12(13)9-11/h2-4,9-10,14-15H,5-8H2,1H3. The smallest absolute Gasteiger partial charge is 0.0698 e. The molecule has 16 heavy (non-hydrogen) atoms. The number of benzene rings is 1. The van der Waals surface area contributed by atoms with Crippen molar-refractivity contribution in [1.82, 2.24) is 5.32 Å². The minimum atomic E-state index is 0.0845. The van der Waals surface area contributed by atoms with E-state index >= 15 is 0 Å². The quantitative estimate of drug-likeness (QED) is 0.755. The molecule has 1 aromatic rings. The SMILES string of the molecule is CC(NCCOCCO)c1cccc(Br)c1. The van der Waals surface area contributed by atoms with E-state index in [0.29, 0.717) is 19.3 Å². The highest BCUT2D eigenvalue weighted by Gasteiger charge is 2.03. The molecule has 0 saturated carbocycles. The van der Waals surface area contributed by atoms with Crippen LogP contribution < -0.4 is 5.32 Å². The summed E-state index contributed by atoms with van der Waals surface area (Å²) in [6.07, 6.45) is 0. The molecule has 0 aliphatic heterocycles. The molecule has 0 saturated heterocycles. The lowest BCUT2D eigenvalue weighted by Crippen LogP contribution is -2.23. The van der Waals surface area contributed by atoms with E-state index in [-0.39, 0.29) is 6.61 Å². The molecule has 1 aromatic carbocycles. The van der Waals surface area contributed by atoms with Crippen molar-refractivity contribution in [2.75, 3.05) is 26.4 Å². The van der Waals surface area contributed by atoms with Crippen LogP contribution in [0.3, 0.4) is 0 Å². The molecule has 3 nitrogen and oxygen atoms in total. The molecule has 2 N–H and O–H groups in total. The number of aliphatic hydroxyl groups excluding tert-OH is 1. The van der Waals surface area contributed by atoms with Gasteiger partial charge < -0.3 is 15.2 Å². The van der Waals surface area contributed by atoms with Crippen LogP contribution in [-0.2, 0) is 4.74 Å². The zero-order chi connectivity index (χ0) is 11.8. The van der Waals surface area contributed by atoms with Gasteiger partial charge >= 0.3 is 0 Å². The summed E-state index contributed by atoms with van der Waals surface area (Å²) in [5, 5.41) is 11.9. The highest BCUT2D eigenvalue weighted by Crippen LogP contribution is 2.17. The minimum Gasteiger partial charge on any atom is -0.394 e. The van der Waals surface area contributed by atoms with Gasteiger partial charge in [-0.25, -0.2) is 0 Å². The van der Waals surface area contributed by atoms with Crippen LogP contribution in [-0.4, -0.2) is 31.5 Å². The van der Waals surface area contributed by atoms with Gasteiger partial charge in [-0.2, -0.15) is 0 Å². The van der Waals surface area contributed by atoms with Crippen LogP contribution in [0.5, 0.6) is 0 Å². The van der Waals surface area contributed by atoms with Gasteiger partial charge in [-0.05, 0) is 24.6 Å². The summed E-state index contributed by atoms with van der Waals surface area (Å²) in [6.45, 7) is 4.02. The number of hydrogen-bond donors (Lipinski definition) is 2. The number of aliphatic hydroxyl groups is 1. The van der Waals surface area contributed by atoms with Gasteiger partial charge in [0.1, 0.15) is 0 Å². The summed E-state index contributed by atoms with van der Waals surface area (Å²) in [5.74, 6) is 0. The Balaban J connectivity index is 2.27. The first-order valence-corrected chi connectivity index (χ1v) is 6.21. The third-order valence-corrected chi connectivity index (χ3v) is 2.77. The van der Waals surface area contributed by atoms with E-state index in [1.807, 2.05) is 12.1 Å². The summed E-state index contributed by atoms with van der Waals surface area (Å²) >= 11 is 3.45. The molecule has 0 aromatic heterocycles. The van der Waals surface area contributed by atoms with Gasteiger partial charge in [-0.15, -0.1) is 0 Å². The lowest BCUT2D eigenvalue weighted by molar-refractivity contribution is 0.0928. The first kappa shape index (κ1) is 13.6. The maximum atomic E-state index is 8.53. The Morgan fingerprint density at radius 1 is 1.44 bits per heavy atom. The number of rotatable bonds is 7. The van der Waals surface area contributed by atoms with Crippen LogP contribution in [0.1, 0.15) is 18.5 Å². The predicted molar refractivity (Wildman–Crippen MR) is 68.5 cm³/mol. The molecule has 0 bridgehead atoms. The molecular weight excluding hydrogens is 270 g/mol. The largest absolute Gasteiger partial charge is 0.394 e. The monoisotopic (exact) mass is 287 g/mol. The van der Waals surface area contributed by atoms with Crippen molar-refractivity contribution in [2.45, 2.75) is 13.0 Å². The van der Waals surface area contributed by atoms with E-state index in [1.165, 1.54) is 5.56 Å². The Kier molecular flexibility index (Phi) is 6.64. The molecule has 0 aliphatic carbocycles. The summed E-state index contributed by atoms with van der Waals surface area (Å²) in [5.41, 5.74) is 1.25. The van der Waals surface area contributed by atoms with Crippen molar-refractivity contribution < 1.29 is 9.84 Å². The minimum absolute atomic E-state index is 0.0845. The molecule has 90 valence electrons. The van der Waals surface area contributed by atoms with Gasteiger partial charge in [0.25, 0.3) is 0 Å². The normalized spacial score (nSPS) is 12.7. The first-order valence-electron chi connectivity index (χ1n) is 5.41. The zero-order valence-corrected chi connectivity index (χ0v) is 11.0. The molecule has 0 radical (unpaired) electrons. The molecular formula is C12H18BrNO2. The van der Waals surface area contributed by atoms with Crippen LogP contribution in [0.25, 0.3) is 0 Å². The molecule has 0 amide bonds. The Morgan fingerprint density at radius 2 is 2.25 bits per heavy atom. The van der Waals surface area contributed by atoms with Crippen LogP contribution in [0.4, 0.5) is 0 Å². The van der Waals surface area contributed by atoms with Gasteiger partial charge in [0.2, 0.25) is 0 Å². The summed E-state index contributed by atoms with van der Waals surface area (Å²) in [7, 11) is 0. The van der Waals surface area contributed by atoms with Crippen molar-refractivity contribution in [2.24, 2.45) is 0 Å². The summed E-state index contributed by atoms with van der Waals surface area (Å²) < 4.78 is 6.26. The highest BCUT2D eigenvalue weighted by atomic mass is 79.9. The van der Waals surface area contributed by atoms with Crippen LogP contribution in [0.2, 0.25) is 0 Å². The summed E-state index contributed by atoms with van der Waals surface area (Å²) in [4.78, 5) is 0. The van der Waals surface area contributed by atoms with E-state index in [2.05, 4.69) is 40.3 Å². The van der Waals surface area contributed by atoms with Crippen molar-refractivity contribution in [3.8, 4) is 0 Å². The molecule has 4 heteroatoms. The highest BCUT2D eigenvalue weighted by molar-refractivity contribution is 9.10. The molecule has 0 spiro atoms. The molecule has 1 rings (SSSR count). The fraction of sp³-hybridized carbons (Fsp3) is 0.500. The zero-order valence-electron chi connectivity index (χ0n) is 9.45. The van der Waals surface area contributed by atoms with Gasteiger partial charge in [0, 0.05) is 17.1 Å². The Labute approximate surface area is 105 Å². The van der Waals surface area contributed by atoms with E-state index in [9.17, 15) is 0 Å². The average molecular weight is 288 g/mol. The second-order valence-electron chi connectivity index (χ2n) is 3.57. The number of nitrogens with one attached hydrogen (secondary N) is 1. The fourth-order valence-corrected chi connectivity index (χ4v) is 1.82. The van der Waals surface area contributed by atoms with E-state index in [1.54, 1.807) is 0 Å². The second kappa shape index (κ2) is 7.79. The lowest BCUT2D eigenvalue weighted by Gasteiger charge is -2.14. The van der Waals surface area contributed by atoms with Crippen molar-refractivity contribution in [3.05, 3.63) is 34.3 Å².